The summed E-state index contributed by atoms with van der Waals surface area (Å²) in [6.45, 7) is 3.59. The minimum absolute atomic E-state index is 0.110. The number of aliphatic hydroxyl groups excluding tert-OH is 1. The molecule has 0 saturated heterocycles. The van der Waals surface area contributed by atoms with Crippen molar-refractivity contribution >= 4 is 16.8 Å². The van der Waals surface area contributed by atoms with Gasteiger partial charge in [-0.15, -0.1) is 0 Å². The van der Waals surface area contributed by atoms with Crippen LogP contribution in [0.4, 0.5) is 0 Å². The lowest BCUT2D eigenvalue weighted by Gasteiger charge is -2.10. The largest absolute Gasteiger partial charge is 0.453 e. The number of carbonyl (C=O) groups is 1. The Morgan fingerprint density at radius 3 is 2.62 bits per heavy atom. The van der Waals surface area contributed by atoms with Gasteiger partial charge < -0.3 is 9.52 Å². The van der Waals surface area contributed by atoms with Crippen LogP contribution in [-0.2, 0) is 0 Å². The van der Waals surface area contributed by atoms with Crippen LogP contribution in [0.25, 0.3) is 11.0 Å². The Morgan fingerprint density at radius 2 is 2.00 bits per heavy atom. The van der Waals surface area contributed by atoms with Gasteiger partial charge in [-0.2, -0.15) is 0 Å². The molecular weight excluding hydrogens is 204 g/mol. The van der Waals surface area contributed by atoms with Crippen molar-refractivity contribution in [3.63, 3.8) is 0 Å². The normalized spacial score (nSPS) is 13.2. The van der Waals surface area contributed by atoms with E-state index in [4.69, 9.17) is 4.42 Å². The van der Waals surface area contributed by atoms with Crippen LogP contribution in [0, 0.1) is 5.92 Å². The third-order valence-electron chi connectivity index (χ3n) is 2.57. The van der Waals surface area contributed by atoms with Crippen molar-refractivity contribution in [1.29, 1.82) is 0 Å². The summed E-state index contributed by atoms with van der Waals surface area (Å²) in [5.41, 5.74) is 0.668. The number of benzene rings is 1. The molecule has 0 aliphatic heterocycles. The topological polar surface area (TPSA) is 50.4 Å². The molecule has 1 unspecified atom stereocenters. The van der Waals surface area contributed by atoms with E-state index in [1.807, 2.05) is 18.2 Å². The van der Waals surface area contributed by atoms with Crippen LogP contribution in [-0.4, -0.2) is 17.0 Å². The third-order valence-corrected chi connectivity index (χ3v) is 2.57. The lowest BCUT2D eigenvalue weighted by molar-refractivity contribution is 0.0621. The van der Waals surface area contributed by atoms with Gasteiger partial charge in [-0.25, -0.2) is 0 Å². The molecule has 0 spiro atoms. The van der Waals surface area contributed by atoms with Crippen LogP contribution in [0.2, 0.25) is 0 Å². The highest BCUT2D eigenvalue weighted by molar-refractivity contribution is 6.00. The SMILES string of the molecule is CC(C)C(O)C(=O)c1cc2ccccc2o1. The summed E-state index contributed by atoms with van der Waals surface area (Å²) >= 11 is 0. The van der Waals surface area contributed by atoms with E-state index < -0.39 is 6.10 Å². The van der Waals surface area contributed by atoms with Crippen molar-refractivity contribution in [1.82, 2.24) is 0 Å². The Morgan fingerprint density at radius 1 is 1.31 bits per heavy atom. The summed E-state index contributed by atoms with van der Waals surface area (Å²) in [7, 11) is 0. The molecule has 2 rings (SSSR count). The molecule has 0 fully saturated rings. The molecular formula is C13H14O3. The number of rotatable bonds is 3. The standard InChI is InChI=1S/C13H14O3/c1-8(2)12(14)13(15)11-7-9-5-3-4-6-10(9)16-11/h3-8,12,14H,1-2H3. The Kier molecular flexibility index (Phi) is 2.79. The van der Waals surface area contributed by atoms with Crippen molar-refractivity contribution < 1.29 is 14.3 Å². The molecule has 0 aliphatic rings. The van der Waals surface area contributed by atoms with Crippen molar-refractivity contribution in [2.45, 2.75) is 20.0 Å². The zero-order valence-corrected chi connectivity index (χ0v) is 9.31. The highest BCUT2D eigenvalue weighted by Crippen LogP contribution is 2.21. The molecule has 1 heterocycles. The molecule has 3 nitrogen and oxygen atoms in total. The number of furan rings is 1. The van der Waals surface area contributed by atoms with Crippen LogP contribution >= 0.6 is 0 Å². The van der Waals surface area contributed by atoms with Gasteiger partial charge in [0.1, 0.15) is 11.7 Å². The summed E-state index contributed by atoms with van der Waals surface area (Å²) in [4.78, 5) is 11.8. The maximum atomic E-state index is 11.8. The van der Waals surface area contributed by atoms with Gasteiger partial charge in [-0.05, 0) is 18.1 Å². The van der Waals surface area contributed by atoms with E-state index in [1.54, 1.807) is 26.0 Å². The van der Waals surface area contributed by atoms with E-state index in [-0.39, 0.29) is 17.5 Å². The van der Waals surface area contributed by atoms with Gasteiger partial charge in [0.2, 0.25) is 5.78 Å². The van der Waals surface area contributed by atoms with Crippen molar-refractivity contribution in [3.8, 4) is 0 Å². The fourth-order valence-electron chi connectivity index (χ4n) is 1.55. The van der Waals surface area contributed by atoms with Gasteiger partial charge in [-0.1, -0.05) is 32.0 Å². The number of ketones is 1. The van der Waals surface area contributed by atoms with E-state index >= 15 is 0 Å². The molecule has 1 N–H and O–H groups in total. The van der Waals surface area contributed by atoms with Crippen molar-refractivity contribution in [3.05, 3.63) is 36.1 Å². The average Bonchev–Trinajstić information content (AvgIpc) is 2.70. The van der Waals surface area contributed by atoms with E-state index in [9.17, 15) is 9.90 Å². The molecule has 0 aliphatic carbocycles. The van der Waals surface area contributed by atoms with Crippen molar-refractivity contribution in [2.75, 3.05) is 0 Å². The second-order valence-electron chi connectivity index (χ2n) is 4.20. The van der Waals surface area contributed by atoms with Crippen LogP contribution < -0.4 is 0 Å². The number of Topliss-reactive ketones (excluding diaryl/α,β-unsaturated/α-hetero) is 1. The molecule has 1 aromatic heterocycles. The Balaban J connectivity index is 2.37. The molecule has 84 valence electrons. The van der Waals surface area contributed by atoms with E-state index in [2.05, 4.69) is 0 Å². The van der Waals surface area contributed by atoms with E-state index in [0.717, 1.165) is 5.39 Å². The maximum Gasteiger partial charge on any atom is 0.226 e. The molecule has 2 aromatic rings. The monoisotopic (exact) mass is 218 g/mol. The lowest BCUT2D eigenvalue weighted by Crippen LogP contribution is -2.25. The summed E-state index contributed by atoms with van der Waals surface area (Å²) < 4.78 is 5.39. The maximum absolute atomic E-state index is 11.8. The summed E-state index contributed by atoms with van der Waals surface area (Å²) in [5.74, 6) is -0.241. The second kappa shape index (κ2) is 4.10. The van der Waals surface area contributed by atoms with Crippen LogP contribution in [0.5, 0.6) is 0 Å². The summed E-state index contributed by atoms with van der Waals surface area (Å²) in [6, 6.07) is 9.07. The quantitative estimate of drug-likeness (QED) is 0.806. The molecule has 1 aromatic carbocycles. The molecule has 0 bridgehead atoms. The van der Waals surface area contributed by atoms with Gasteiger partial charge in [0.15, 0.2) is 5.76 Å². The lowest BCUT2D eigenvalue weighted by atomic mass is 10.0. The number of para-hydroxylation sites is 1. The smallest absolute Gasteiger partial charge is 0.226 e. The number of aliphatic hydroxyl groups is 1. The Labute approximate surface area is 93.7 Å². The minimum Gasteiger partial charge on any atom is -0.453 e. The fourth-order valence-corrected chi connectivity index (χ4v) is 1.55. The molecule has 0 saturated carbocycles. The van der Waals surface area contributed by atoms with Gasteiger partial charge in [-0.3, -0.25) is 4.79 Å². The number of fused-ring (bicyclic) bond motifs is 1. The molecule has 3 heteroatoms. The fraction of sp³-hybridized carbons (Fsp3) is 0.308. The van der Waals surface area contributed by atoms with Gasteiger partial charge in [0, 0.05) is 5.39 Å². The first-order valence-electron chi connectivity index (χ1n) is 5.30. The minimum atomic E-state index is -0.999. The van der Waals surface area contributed by atoms with E-state index in [1.165, 1.54) is 0 Å². The van der Waals surface area contributed by atoms with Gasteiger partial charge >= 0.3 is 0 Å². The number of carbonyl (C=O) groups excluding carboxylic acids is 1. The Bertz CT molecular complexity index is 478. The predicted molar refractivity (Wildman–Crippen MR) is 61.4 cm³/mol. The number of hydrogen-bond acceptors (Lipinski definition) is 3. The van der Waals surface area contributed by atoms with Crippen LogP contribution in [0.1, 0.15) is 24.4 Å². The Hall–Kier alpha value is -1.61. The average molecular weight is 218 g/mol. The van der Waals surface area contributed by atoms with Crippen LogP contribution in [0.3, 0.4) is 0 Å². The van der Waals surface area contributed by atoms with Gasteiger partial charge in [0.05, 0.1) is 0 Å². The highest BCUT2D eigenvalue weighted by atomic mass is 16.4. The first-order chi connectivity index (χ1) is 7.59. The number of hydrogen-bond donors (Lipinski definition) is 1. The summed E-state index contributed by atoms with van der Waals surface area (Å²) in [5, 5.41) is 10.5. The van der Waals surface area contributed by atoms with Gasteiger partial charge in [0.25, 0.3) is 0 Å². The predicted octanol–water partition coefficient (Wildman–Crippen LogP) is 2.63. The molecule has 16 heavy (non-hydrogen) atoms. The zero-order valence-electron chi connectivity index (χ0n) is 9.31. The van der Waals surface area contributed by atoms with Crippen molar-refractivity contribution in [2.24, 2.45) is 5.92 Å². The first kappa shape index (κ1) is 10.9. The summed E-state index contributed by atoms with van der Waals surface area (Å²) in [6.07, 6.45) is -0.999. The third kappa shape index (κ3) is 1.86. The highest BCUT2D eigenvalue weighted by Gasteiger charge is 2.23. The first-order valence-corrected chi connectivity index (χ1v) is 5.30. The molecule has 0 amide bonds. The molecule has 1 atom stereocenters. The zero-order chi connectivity index (χ0) is 11.7. The van der Waals surface area contributed by atoms with Crippen LogP contribution in [0.15, 0.2) is 34.7 Å². The molecule has 0 radical (unpaired) electrons. The second-order valence-corrected chi connectivity index (χ2v) is 4.20. The van der Waals surface area contributed by atoms with E-state index in [0.29, 0.717) is 5.58 Å².